The third-order valence-corrected chi connectivity index (χ3v) is 4.15. The van der Waals surface area contributed by atoms with Gasteiger partial charge in [-0.25, -0.2) is 0 Å². The van der Waals surface area contributed by atoms with E-state index in [1.54, 1.807) is 0 Å². The van der Waals surface area contributed by atoms with Crippen molar-refractivity contribution in [1.29, 1.82) is 0 Å². The van der Waals surface area contributed by atoms with Gasteiger partial charge in [0.15, 0.2) is 0 Å². The maximum absolute atomic E-state index is 10.1. The van der Waals surface area contributed by atoms with Gasteiger partial charge in [-0.2, -0.15) is 0 Å². The standard InChI is InChI=1S/C17H27NO2.ClH/c1-14-8-7-9-17(15(14)2)20-13-16(19)12-18-10-5-3-4-6-11-18;/h7-9,16,19H,3-6,10-13H2,1-2H3;1H/p-1. The molecule has 1 atom stereocenters. The van der Waals surface area contributed by atoms with Gasteiger partial charge in [0.1, 0.15) is 18.5 Å². The van der Waals surface area contributed by atoms with E-state index in [2.05, 4.69) is 24.8 Å². The van der Waals surface area contributed by atoms with Gasteiger partial charge < -0.3 is 27.2 Å². The first-order valence-electron chi connectivity index (χ1n) is 7.76. The molecular formula is C17H27ClNO2-. The number of aryl methyl sites for hydroxylation is 1. The van der Waals surface area contributed by atoms with Gasteiger partial charge in [-0.3, -0.25) is 0 Å². The Kier molecular flexibility index (Phi) is 8.09. The lowest BCUT2D eigenvalue weighted by atomic mass is 10.1. The normalized spacial score (nSPS) is 17.7. The van der Waals surface area contributed by atoms with Crippen molar-refractivity contribution in [2.45, 2.75) is 45.6 Å². The van der Waals surface area contributed by atoms with Crippen molar-refractivity contribution >= 4 is 0 Å². The van der Waals surface area contributed by atoms with E-state index in [-0.39, 0.29) is 12.4 Å². The molecule has 0 spiro atoms. The van der Waals surface area contributed by atoms with E-state index >= 15 is 0 Å². The molecule has 1 aliphatic rings. The van der Waals surface area contributed by atoms with Crippen LogP contribution in [-0.2, 0) is 0 Å². The third kappa shape index (κ3) is 5.85. The topological polar surface area (TPSA) is 32.7 Å². The number of aliphatic hydroxyl groups excluding tert-OH is 1. The fourth-order valence-electron chi connectivity index (χ4n) is 2.74. The predicted molar refractivity (Wildman–Crippen MR) is 82.3 cm³/mol. The first kappa shape index (κ1) is 18.3. The summed E-state index contributed by atoms with van der Waals surface area (Å²) in [5, 5.41) is 10.1. The minimum atomic E-state index is -0.409. The highest BCUT2D eigenvalue weighted by atomic mass is 35.5. The number of ether oxygens (including phenoxy) is 1. The SMILES string of the molecule is Cc1cccc(OCC(O)CN2CCCCCC2)c1C.[Cl-]. The van der Waals surface area contributed by atoms with Crippen molar-refractivity contribution in [2.75, 3.05) is 26.2 Å². The van der Waals surface area contributed by atoms with Crippen LogP contribution >= 0.6 is 0 Å². The number of likely N-dealkylation sites (tertiary alicyclic amines) is 1. The molecule has 0 bridgehead atoms. The molecule has 0 aromatic heterocycles. The Hall–Kier alpha value is -0.770. The van der Waals surface area contributed by atoms with Crippen molar-refractivity contribution in [2.24, 2.45) is 0 Å². The summed E-state index contributed by atoms with van der Waals surface area (Å²) in [4.78, 5) is 2.37. The van der Waals surface area contributed by atoms with Crippen LogP contribution in [0.25, 0.3) is 0 Å². The molecule has 0 amide bonds. The van der Waals surface area contributed by atoms with Gasteiger partial charge >= 0.3 is 0 Å². The zero-order valence-corrected chi connectivity index (χ0v) is 13.9. The van der Waals surface area contributed by atoms with Gasteiger partial charge in [-0.15, -0.1) is 0 Å². The summed E-state index contributed by atoms with van der Waals surface area (Å²) in [5.41, 5.74) is 2.39. The lowest BCUT2D eigenvalue weighted by Crippen LogP contribution is -3.00. The van der Waals surface area contributed by atoms with Gasteiger partial charge in [0.05, 0.1) is 0 Å². The maximum Gasteiger partial charge on any atom is 0.122 e. The largest absolute Gasteiger partial charge is 1.00 e. The molecule has 1 heterocycles. The lowest BCUT2D eigenvalue weighted by molar-refractivity contribution is -0.00000659. The minimum absolute atomic E-state index is 0. The van der Waals surface area contributed by atoms with Crippen molar-refractivity contribution in [3.05, 3.63) is 29.3 Å². The number of halogens is 1. The Bertz CT molecular complexity index is 417. The van der Waals surface area contributed by atoms with Crippen LogP contribution in [-0.4, -0.2) is 42.4 Å². The summed E-state index contributed by atoms with van der Waals surface area (Å²) in [6.07, 6.45) is 4.75. The van der Waals surface area contributed by atoms with Crippen molar-refractivity contribution < 1.29 is 22.3 Å². The predicted octanol–water partition coefficient (Wildman–Crippen LogP) is -0.0769. The molecule has 2 rings (SSSR count). The first-order chi connectivity index (χ1) is 9.66. The van der Waals surface area contributed by atoms with Crippen LogP contribution in [0.5, 0.6) is 5.75 Å². The molecule has 1 aromatic rings. The van der Waals surface area contributed by atoms with Gasteiger partial charge in [-0.1, -0.05) is 25.0 Å². The molecule has 21 heavy (non-hydrogen) atoms. The van der Waals surface area contributed by atoms with Crippen LogP contribution in [0.4, 0.5) is 0 Å². The van der Waals surface area contributed by atoms with E-state index in [9.17, 15) is 5.11 Å². The molecule has 1 aromatic carbocycles. The smallest absolute Gasteiger partial charge is 0.122 e. The highest BCUT2D eigenvalue weighted by molar-refractivity contribution is 5.38. The number of hydrogen-bond donors (Lipinski definition) is 1. The summed E-state index contributed by atoms with van der Waals surface area (Å²) in [6, 6.07) is 6.05. The number of β-amino-alcohol motifs (C(OH)–C–C–N with tert-alkyl or cyclic N) is 1. The molecule has 0 saturated carbocycles. The summed E-state index contributed by atoms with van der Waals surface area (Å²) in [5.74, 6) is 0.889. The van der Waals surface area contributed by atoms with E-state index < -0.39 is 6.10 Å². The van der Waals surface area contributed by atoms with Gasteiger partial charge in [0.25, 0.3) is 0 Å². The first-order valence-corrected chi connectivity index (χ1v) is 7.76. The molecule has 1 N–H and O–H groups in total. The number of benzene rings is 1. The number of rotatable bonds is 5. The van der Waals surface area contributed by atoms with Crippen LogP contribution < -0.4 is 17.1 Å². The molecule has 0 aliphatic carbocycles. The molecule has 1 saturated heterocycles. The van der Waals surface area contributed by atoms with E-state index in [0.29, 0.717) is 6.61 Å². The summed E-state index contributed by atoms with van der Waals surface area (Å²) in [7, 11) is 0. The van der Waals surface area contributed by atoms with Gasteiger partial charge in [0.2, 0.25) is 0 Å². The molecule has 120 valence electrons. The van der Waals surface area contributed by atoms with Crippen LogP contribution in [0.2, 0.25) is 0 Å². The maximum atomic E-state index is 10.1. The number of aliphatic hydroxyl groups is 1. The number of hydrogen-bond acceptors (Lipinski definition) is 3. The average Bonchev–Trinajstić information content (AvgIpc) is 2.69. The Morgan fingerprint density at radius 3 is 2.48 bits per heavy atom. The van der Waals surface area contributed by atoms with Crippen LogP contribution in [0.1, 0.15) is 36.8 Å². The van der Waals surface area contributed by atoms with E-state index in [4.69, 9.17) is 4.74 Å². The Morgan fingerprint density at radius 1 is 1.14 bits per heavy atom. The zero-order valence-electron chi connectivity index (χ0n) is 13.1. The molecular weight excluding hydrogens is 286 g/mol. The quantitative estimate of drug-likeness (QED) is 0.826. The van der Waals surface area contributed by atoms with Crippen molar-refractivity contribution in [3.8, 4) is 5.75 Å². The molecule has 1 aliphatic heterocycles. The summed E-state index contributed by atoms with van der Waals surface area (Å²) >= 11 is 0. The van der Waals surface area contributed by atoms with Crippen LogP contribution in [0.15, 0.2) is 18.2 Å². The highest BCUT2D eigenvalue weighted by Gasteiger charge is 2.14. The average molecular weight is 313 g/mol. The second-order valence-electron chi connectivity index (χ2n) is 5.88. The van der Waals surface area contributed by atoms with Crippen LogP contribution in [0.3, 0.4) is 0 Å². The molecule has 3 nitrogen and oxygen atoms in total. The zero-order chi connectivity index (χ0) is 14.4. The second-order valence-corrected chi connectivity index (χ2v) is 5.88. The molecule has 1 fully saturated rings. The summed E-state index contributed by atoms with van der Waals surface area (Å²) in [6.45, 7) is 7.47. The van der Waals surface area contributed by atoms with Crippen molar-refractivity contribution in [1.82, 2.24) is 4.90 Å². The van der Waals surface area contributed by atoms with E-state index in [0.717, 1.165) is 30.9 Å². The highest BCUT2D eigenvalue weighted by Crippen LogP contribution is 2.20. The number of nitrogens with zero attached hydrogens (tertiary/aromatic N) is 1. The fraction of sp³-hybridized carbons (Fsp3) is 0.647. The fourth-order valence-corrected chi connectivity index (χ4v) is 2.74. The molecule has 0 radical (unpaired) electrons. The Morgan fingerprint density at radius 2 is 1.81 bits per heavy atom. The Labute approximate surface area is 134 Å². The van der Waals surface area contributed by atoms with Crippen molar-refractivity contribution in [3.63, 3.8) is 0 Å². The third-order valence-electron chi connectivity index (χ3n) is 4.15. The molecule has 1 unspecified atom stereocenters. The van der Waals surface area contributed by atoms with Gasteiger partial charge in [0, 0.05) is 6.54 Å². The van der Waals surface area contributed by atoms with E-state index in [1.165, 1.54) is 31.2 Å². The van der Waals surface area contributed by atoms with Gasteiger partial charge in [-0.05, 0) is 57.0 Å². The molecule has 4 heteroatoms. The summed E-state index contributed by atoms with van der Waals surface area (Å²) < 4.78 is 5.78. The Balaban J connectivity index is 0.00000220. The van der Waals surface area contributed by atoms with Crippen LogP contribution in [0, 0.1) is 13.8 Å². The lowest BCUT2D eigenvalue weighted by Gasteiger charge is -2.23. The minimum Gasteiger partial charge on any atom is -1.00 e. The second kappa shape index (κ2) is 9.29. The monoisotopic (exact) mass is 312 g/mol. The van der Waals surface area contributed by atoms with E-state index in [1.807, 2.05) is 12.1 Å².